The number of carbonyl (C=O) groups is 1. The van der Waals surface area contributed by atoms with E-state index >= 15 is 0 Å². The lowest BCUT2D eigenvalue weighted by molar-refractivity contribution is -0.115. The van der Waals surface area contributed by atoms with Gasteiger partial charge in [-0.1, -0.05) is 47.1 Å². The summed E-state index contributed by atoms with van der Waals surface area (Å²) in [5.74, 6) is 1.96. The maximum Gasteiger partial charge on any atom is 0.229 e. The molecular weight excluding hydrogens is 428 g/mol. The average molecular weight is 451 g/mol. The molecule has 1 N–H and O–H groups in total. The van der Waals surface area contributed by atoms with Crippen LogP contribution >= 0.6 is 11.6 Å². The lowest BCUT2D eigenvalue weighted by atomic mass is 10.1. The van der Waals surface area contributed by atoms with Gasteiger partial charge in [0.25, 0.3) is 0 Å². The first-order valence-electron chi connectivity index (χ1n) is 10.2. The summed E-state index contributed by atoms with van der Waals surface area (Å²) in [5, 5.41) is 11.8. The van der Waals surface area contributed by atoms with Crippen LogP contribution in [0.15, 0.2) is 65.3 Å². The summed E-state index contributed by atoms with van der Waals surface area (Å²) in [6.07, 6.45) is 1.89. The quantitative estimate of drug-likeness (QED) is 0.410. The van der Waals surface area contributed by atoms with Crippen molar-refractivity contribution >= 4 is 23.3 Å². The van der Waals surface area contributed by atoms with Crippen LogP contribution in [-0.2, 0) is 24.4 Å². The van der Waals surface area contributed by atoms with E-state index in [1.165, 1.54) is 0 Å². The molecule has 0 unspecified atom stereocenters. The van der Waals surface area contributed by atoms with E-state index in [-0.39, 0.29) is 12.3 Å². The lowest BCUT2D eigenvalue weighted by Gasteiger charge is -2.11. The molecule has 1 amide bonds. The Morgan fingerprint density at radius 1 is 1.12 bits per heavy atom. The van der Waals surface area contributed by atoms with Crippen LogP contribution in [0.25, 0.3) is 0 Å². The number of anilines is 1. The molecule has 2 aromatic heterocycles. The van der Waals surface area contributed by atoms with Gasteiger partial charge in [0, 0.05) is 11.1 Å². The molecule has 8 heteroatoms. The molecule has 0 spiro atoms. The number of hydrogen-bond donors (Lipinski definition) is 1. The van der Waals surface area contributed by atoms with Crippen LogP contribution in [0.1, 0.15) is 28.1 Å². The predicted molar refractivity (Wildman–Crippen MR) is 122 cm³/mol. The van der Waals surface area contributed by atoms with Crippen molar-refractivity contribution in [1.29, 1.82) is 0 Å². The molecule has 0 aliphatic carbocycles. The number of halogens is 1. The van der Waals surface area contributed by atoms with Crippen LogP contribution in [0.4, 0.5) is 5.82 Å². The molecule has 0 bridgehead atoms. The molecule has 0 fully saturated rings. The van der Waals surface area contributed by atoms with Crippen LogP contribution in [-0.4, -0.2) is 20.8 Å². The Labute approximate surface area is 190 Å². The number of benzene rings is 2. The fraction of sp³-hybridized carbons (Fsp3) is 0.208. The summed E-state index contributed by atoms with van der Waals surface area (Å²) in [7, 11) is 0. The lowest BCUT2D eigenvalue weighted by Crippen LogP contribution is -2.18. The Hall–Kier alpha value is -3.58. The van der Waals surface area contributed by atoms with Crippen molar-refractivity contribution < 1.29 is 14.1 Å². The van der Waals surface area contributed by atoms with Crippen molar-refractivity contribution in [2.24, 2.45) is 0 Å². The molecule has 0 saturated carbocycles. The SMILES string of the molecule is Cc1noc(C)c1COc1ccc(CC(=O)Nc2ccnn2Cc2ccccc2Cl)cc1. The standard InChI is InChI=1S/C24H23ClN4O3/c1-16-21(17(2)32-28-16)15-31-20-9-7-18(8-10-20)13-24(30)27-23-11-12-26-29(23)14-19-5-3-4-6-22(19)25/h3-12H,13-15H2,1-2H3,(H,27,30). The third kappa shape index (κ3) is 5.18. The van der Waals surface area contributed by atoms with E-state index in [4.69, 9.17) is 20.9 Å². The van der Waals surface area contributed by atoms with Gasteiger partial charge in [0.1, 0.15) is 23.9 Å². The van der Waals surface area contributed by atoms with Gasteiger partial charge < -0.3 is 14.6 Å². The second kappa shape index (κ2) is 9.70. The maximum atomic E-state index is 12.6. The molecule has 32 heavy (non-hydrogen) atoms. The Morgan fingerprint density at radius 3 is 2.62 bits per heavy atom. The Bertz CT molecular complexity index is 1190. The first kappa shape index (κ1) is 21.6. The molecule has 0 aliphatic rings. The first-order valence-corrected chi connectivity index (χ1v) is 10.6. The van der Waals surface area contributed by atoms with Crippen molar-refractivity contribution in [1.82, 2.24) is 14.9 Å². The Kier molecular flexibility index (Phi) is 6.56. The minimum Gasteiger partial charge on any atom is -0.489 e. The average Bonchev–Trinajstić information content (AvgIpc) is 3.34. The zero-order valence-electron chi connectivity index (χ0n) is 17.8. The number of aryl methyl sites for hydroxylation is 2. The highest BCUT2D eigenvalue weighted by atomic mass is 35.5. The maximum absolute atomic E-state index is 12.6. The van der Waals surface area contributed by atoms with Crippen molar-refractivity contribution in [3.05, 3.63) is 94.0 Å². The third-order valence-corrected chi connectivity index (χ3v) is 5.48. The predicted octanol–water partition coefficient (Wildman–Crippen LogP) is 4.95. The van der Waals surface area contributed by atoms with Gasteiger partial charge in [-0.15, -0.1) is 0 Å². The molecule has 164 valence electrons. The smallest absolute Gasteiger partial charge is 0.229 e. The van der Waals surface area contributed by atoms with Crippen LogP contribution in [0.3, 0.4) is 0 Å². The summed E-state index contributed by atoms with van der Waals surface area (Å²) in [5.41, 5.74) is 3.58. The number of hydrogen-bond acceptors (Lipinski definition) is 5. The van der Waals surface area contributed by atoms with Crippen molar-refractivity contribution in [2.75, 3.05) is 5.32 Å². The van der Waals surface area contributed by atoms with Gasteiger partial charge >= 0.3 is 0 Å². The van der Waals surface area contributed by atoms with E-state index in [2.05, 4.69) is 15.6 Å². The summed E-state index contributed by atoms with van der Waals surface area (Å²) in [4.78, 5) is 12.6. The monoisotopic (exact) mass is 450 g/mol. The van der Waals surface area contributed by atoms with Crippen molar-refractivity contribution in [3.63, 3.8) is 0 Å². The molecule has 4 rings (SSSR count). The first-order chi connectivity index (χ1) is 15.5. The highest BCUT2D eigenvalue weighted by molar-refractivity contribution is 6.31. The molecule has 0 saturated heterocycles. The largest absolute Gasteiger partial charge is 0.489 e. The van der Waals surface area contributed by atoms with Gasteiger partial charge in [0.2, 0.25) is 5.91 Å². The molecule has 0 atom stereocenters. The number of amides is 1. The second-order valence-corrected chi connectivity index (χ2v) is 7.83. The topological polar surface area (TPSA) is 82.2 Å². The number of aromatic nitrogens is 3. The van der Waals surface area contributed by atoms with Crippen LogP contribution in [0.2, 0.25) is 5.02 Å². The van der Waals surface area contributed by atoms with Gasteiger partial charge in [-0.05, 0) is 43.2 Å². The van der Waals surface area contributed by atoms with Crippen molar-refractivity contribution in [2.45, 2.75) is 33.4 Å². The highest BCUT2D eigenvalue weighted by Gasteiger charge is 2.11. The van der Waals surface area contributed by atoms with E-state index in [0.29, 0.717) is 29.7 Å². The van der Waals surface area contributed by atoms with Gasteiger partial charge in [-0.3, -0.25) is 4.79 Å². The van der Waals surface area contributed by atoms with Crippen LogP contribution in [0, 0.1) is 13.8 Å². The fourth-order valence-electron chi connectivity index (χ4n) is 3.29. The summed E-state index contributed by atoms with van der Waals surface area (Å²) < 4.78 is 12.7. The van der Waals surface area contributed by atoms with Gasteiger partial charge in [0.05, 0.1) is 30.4 Å². The molecule has 7 nitrogen and oxygen atoms in total. The number of nitrogens with one attached hydrogen (secondary N) is 1. The zero-order chi connectivity index (χ0) is 22.5. The minimum atomic E-state index is -0.129. The summed E-state index contributed by atoms with van der Waals surface area (Å²) in [6.45, 7) is 4.61. The van der Waals surface area contributed by atoms with Crippen LogP contribution in [0.5, 0.6) is 5.75 Å². The molecule has 2 aromatic carbocycles. The third-order valence-electron chi connectivity index (χ3n) is 5.11. The van der Waals surface area contributed by atoms with Gasteiger partial charge in [-0.2, -0.15) is 5.10 Å². The van der Waals surface area contributed by atoms with Crippen LogP contribution < -0.4 is 10.1 Å². The molecule has 0 aliphatic heterocycles. The number of ether oxygens (including phenoxy) is 1. The number of nitrogens with zero attached hydrogens (tertiary/aromatic N) is 3. The summed E-state index contributed by atoms with van der Waals surface area (Å²) in [6, 6.07) is 16.8. The molecule has 4 aromatic rings. The highest BCUT2D eigenvalue weighted by Crippen LogP contribution is 2.20. The van der Waals surface area contributed by atoms with E-state index in [9.17, 15) is 4.79 Å². The second-order valence-electron chi connectivity index (χ2n) is 7.43. The Balaban J connectivity index is 1.33. The van der Waals surface area contributed by atoms with E-state index in [1.54, 1.807) is 16.9 Å². The van der Waals surface area contributed by atoms with E-state index < -0.39 is 0 Å². The minimum absolute atomic E-state index is 0.129. The molecule has 2 heterocycles. The van der Waals surface area contributed by atoms with E-state index in [1.807, 2.05) is 62.4 Å². The number of carbonyl (C=O) groups excluding carboxylic acids is 1. The fourth-order valence-corrected chi connectivity index (χ4v) is 3.49. The normalized spacial score (nSPS) is 10.8. The van der Waals surface area contributed by atoms with Gasteiger partial charge in [0.15, 0.2) is 0 Å². The van der Waals surface area contributed by atoms with Crippen molar-refractivity contribution in [3.8, 4) is 5.75 Å². The van der Waals surface area contributed by atoms with Gasteiger partial charge in [-0.25, -0.2) is 4.68 Å². The summed E-state index contributed by atoms with van der Waals surface area (Å²) >= 11 is 6.24. The molecule has 0 radical (unpaired) electrons. The van der Waals surface area contributed by atoms with E-state index in [0.717, 1.165) is 28.1 Å². The number of rotatable bonds is 8. The molecular formula is C24H23ClN4O3. The zero-order valence-corrected chi connectivity index (χ0v) is 18.6. The Morgan fingerprint density at radius 2 is 1.91 bits per heavy atom.